The molecule has 3 unspecified atom stereocenters. The molecule has 0 amide bonds. The number of nitrogens with one attached hydrogen (secondary N) is 1. The van der Waals surface area contributed by atoms with Gasteiger partial charge in [-0.3, -0.25) is 0 Å². The maximum absolute atomic E-state index is 12.9. The Hall–Kier alpha value is -0.540. The molecule has 1 aromatic carbocycles. The third-order valence-electron chi connectivity index (χ3n) is 4.40. The second-order valence-electron chi connectivity index (χ2n) is 6.34. The molecular weight excluding hydrogens is 269 g/mol. The molecule has 112 valence electrons. The van der Waals surface area contributed by atoms with Crippen molar-refractivity contribution in [2.45, 2.75) is 44.0 Å². The molecule has 1 aromatic rings. The van der Waals surface area contributed by atoms with Gasteiger partial charge in [-0.1, -0.05) is 13.8 Å². The topological polar surface area (TPSA) is 12.0 Å². The van der Waals surface area contributed by atoms with Crippen molar-refractivity contribution in [2.75, 3.05) is 12.8 Å². The van der Waals surface area contributed by atoms with E-state index in [9.17, 15) is 4.39 Å². The lowest BCUT2D eigenvalue weighted by atomic mass is 9.74. The molecule has 1 nitrogen and oxygen atoms in total. The Bertz CT molecular complexity index is 396. The van der Waals surface area contributed by atoms with Gasteiger partial charge in [-0.05, 0) is 68.3 Å². The van der Waals surface area contributed by atoms with Crippen molar-refractivity contribution < 1.29 is 4.39 Å². The van der Waals surface area contributed by atoms with Crippen LogP contribution in [0.25, 0.3) is 0 Å². The second kappa shape index (κ2) is 7.46. The second-order valence-corrected chi connectivity index (χ2v) is 7.43. The summed E-state index contributed by atoms with van der Waals surface area (Å²) in [6, 6.07) is 7.39. The lowest BCUT2D eigenvalue weighted by Gasteiger charge is -2.36. The van der Waals surface area contributed by atoms with Crippen molar-refractivity contribution in [3.05, 3.63) is 30.1 Å². The van der Waals surface area contributed by atoms with Gasteiger partial charge in [0.25, 0.3) is 0 Å². The van der Waals surface area contributed by atoms with Gasteiger partial charge in [-0.15, -0.1) is 11.8 Å². The lowest BCUT2D eigenvalue weighted by molar-refractivity contribution is 0.188. The monoisotopic (exact) mass is 295 g/mol. The van der Waals surface area contributed by atoms with Crippen molar-refractivity contribution in [1.29, 1.82) is 0 Å². The van der Waals surface area contributed by atoms with Crippen molar-refractivity contribution in [1.82, 2.24) is 5.32 Å². The first kappa shape index (κ1) is 15.8. The molecule has 0 heterocycles. The molecule has 0 bridgehead atoms. The van der Waals surface area contributed by atoms with E-state index in [2.05, 4.69) is 26.2 Å². The molecular formula is C17H26FNS. The predicted octanol–water partition coefficient (Wildman–Crippen LogP) is 4.58. The molecule has 1 saturated carbocycles. The molecule has 3 atom stereocenters. The van der Waals surface area contributed by atoms with Crippen LogP contribution in [0.5, 0.6) is 0 Å². The first-order valence-corrected chi connectivity index (χ1v) is 8.62. The Morgan fingerprint density at radius 3 is 2.30 bits per heavy atom. The Kier molecular flexibility index (Phi) is 5.91. The fraction of sp³-hybridized carbons (Fsp3) is 0.647. The van der Waals surface area contributed by atoms with Crippen LogP contribution in [0.4, 0.5) is 4.39 Å². The van der Waals surface area contributed by atoms with Crippen LogP contribution in [0.3, 0.4) is 0 Å². The molecule has 20 heavy (non-hydrogen) atoms. The van der Waals surface area contributed by atoms with E-state index in [-0.39, 0.29) is 5.82 Å². The number of thioether (sulfide) groups is 1. The summed E-state index contributed by atoms with van der Waals surface area (Å²) in [5.74, 6) is 3.36. The van der Waals surface area contributed by atoms with E-state index in [0.717, 1.165) is 28.4 Å². The predicted molar refractivity (Wildman–Crippen MR) is 85.6 cm³/mol. The maximum Gasteiger partial charge on any atom is 0.123 e. The maximum atomic E-state index is 12.9. The fourth-order valence-electron chi connectivity index (χ4n) is 3.51. The Morgan fingerprint density at radius 2 is 1.75 bits per heavy atom. The largest absolute Gasteiger partial charge is 0.316 e. The zero-order valence-electron chi connectivity index (χ0n) is 12.7. The van der Waals surface area contributed by atoms with Crippen LogP contribution >= 0.6 is 11.8 Å². The van der Waals surface area contributed by atoms with Crippen LogP contribution in [-0.4, -0.2) is 18.8 Å². The fourth-order valence-corrected chi connectivity index (χ4v) is 4.65. The van der Waals surface area contributed by atoms with Gasteiger partial charge in [0, 0.05) is 16.7 Å². The van der Waals surface area contributed by atoms with Gasteiger partial charge >= 0.3 is 0 Å². The highest BCUT2D eigenvalue weighted by Gasteiger charge is 2.29. The van der Waals surface area contributed by atoms with E-state index >= 15 is 0 Å². The highest BCUT2D eigenvalue weighted by atomic mass is 32.2. The number of hydrogen-bond acceptors (Lipinski definition) is 2. The summed E-state index contributed by atoms with van der Waals surface area (Å²) in [5, 5.41) is 3.50. The van der Waals surface area contributed by atoms with Gasteiger partial charge in [0.05, 0.1) is 0 Å². The van der Waals surface area contributed by atoms with Crippen LogP contribution in [0, 0.1) is 23.6 Å². The van der Waals surface area contributed by atoms with Gasteiger partial charge in [0.2, 0.25) is 0 Å². The van der Waals surface area contributed by atoms with E-state index in [0.29, 0.717) is 6.04 Å². The minimum atomic E-state index is -0.158. The van der Waals surface area contributed by atoms with Crippen molar-refractivity contribution in [3.63, 3.8) is 0 Å². The molecule has 1 N–H and O–H groups in total. The smallest absolute Gasteiger partial charge is 0.123 e. The van der Waals surface area contributed by atoms with Crippen molar-refractivity contribution in [3.8, 4) is 0 Å². The van der Waals surface area contributed by atoms with Crippen LogP contribution < -0.4 is 5.32 Å². The average Bonchev–Trinajstić information content (AvgIpc) is 2.40. The zero-order valence-corrected chi connectivity index (χ0v) is 13.5. The molecule has 2 rings (SSSR count). The summed E-state index contributed by atoms with van der Waals surface area (Å²) in [5.41, 5.74) is 0. The minimum absolute atomic E-state index is 0.158. The Balaban J connectivity index is 1.89. The highest BCUT2D eigenvalue weighted by Crippen LogP contribution is 2.36. The average molecular weight is 295 g/mol. The quantitative estimate of drug-likeness (QED) is 0.798. The SMILES string of the molecule is CNC(CSc1ccc(F)cc1)C1CC(C)CC(C)C1. The first-order valence-electron chi connectivity index (χ1n) is 7.64. The van der Waals surface area contributed by atoms with Gasteiger partial charge < -0.3 is 5.32 Å². The number of halogens is 1. The molecule has 3 heteroatoms. The van der Waals surface area contributed by atoms with E-state index < -0.39 is 0 Å². The number of benzene rings is 1. The van der Waals surface area contributed by atoms with Crippen LogP contribution in [-0.2, 0) is 0 Å². The molecule has 1 fully saturated rings. The standard InChI is InChI=1S/C17H26FNS/c1-12-8-13(2)10-14(9-12)17(19-3)11-20-16-6-4-15(18)5-7-16/h4-7,12-14,17,19H,8-11H2,1-3H3. The molecule has 0 spiro atoms. The van der Waals surface area contributed by atoms with Crippen molar-refractivity contribution in [2.24, 2.45) is 17.8 Å². The molecule has 0 aliphatic heterocycles. The van der Waals surface area contributed by atoms with E-state index in [1.54, 1.807) is 12.1 Å². The number of hydrogen-bond donors (Lipinski definition) is 1. The molecule has 1 aliphatic rings. The minimum Gasteiger partial charge on any atom is -0.316 e. The third-order valence-corrected chi connectivity index (χ3v) is 5.53. The molecule has 0 saturated heterocycles. The first-order chi connectivity index (χ1) is 9.58. The Morgan fingerprint density at radius 1 is 1.15 bits per heavy atom. The normalized spacial score (nSPS) is 28.3. The third kappa shape index (κ3) is 4.49. The Labute approximate surface area is 126 Å². The van der Waals surface area contributed by atoms with Crippen LogP contribution in [0.2, 0.25) is 0 Å². The van der Waals surface area contributed by atoms with Gasteiger partial charge in [0.1, 0.15) is 5.82 Å². The summed E-state index contributed by atoms with van der Waals surface area (Å²) in [6.07, 6.45) is 4.04. The zero-order chi connectivity index (χ0) is 14.5. The van der Waals surface area contributed by atoms with E-state index in [1.165, 1.54) is 19.3 Å². The summed E-state index contributed by atoms with van der Waals surface area (Å²) < 4.78 is 12.9. The van der Waals surface area contributed by atoms with Gasteiger partial charge in [-0.25, -0.2) is 4.39 Å². The lowest BCUT2D eigenvalue weighted by Crippen LogP contribution is -2.39. The summed E-state index contributed by atoms with van der Waals surface area (Å²) in [6.45, 7) is 4.75. The van der Waals surface area contributed by atoms with E-state index in [1.807, 2.05) is 23.9 Å². The van der Waals surface area contributed by atoms with Crippen LogP contribution in [0.15, 0.2) is 29.2 Å². The summed E-state index contributed by atoms with van der Waals surface area (Å²) in [4.78, 5) is 1.16. The van der Waals surface area contributed by atoms with Crippen molar-refractivity contribution >= 4 is 11.8 Å². The van der Waals surface area contributed by atoms with Gasteiger partial charge in [-0.2, -0.15) is 0 Å². The number of rotatable bonds is 5. The molecule has 0 radical (unpaired) electrons. The summed E-state index contributed by atoms with van der Waals surface area (Å²) in [7, 11) is 2.07. The van der Waals surface area contributed by atoms with E-state index in [4.69, 9.17) is 0 Å². The highest BCUT2D eigenvalue weighted by molar-refractivity contribution is 7.99. The van der Waals surface area contributed by atoms with Gasteiger partial charge in [0.15, 0.2) is 0 Å². The summed E-state index contributed by atoms with van der Waals surface area (Å²) >= 11 is 1.83. The molecule has 1 aliphatic carbocycles. The van der Waals surface area contributed by atoms with Crippen LogP contribution in [0.1, 0.15) is 33.1 Å². The molecule has 0 aromatic heterocycles.